The molecule has 0 bridgehead atoms. The Morgan fingerprint density at radius 3 is 1.50 bits per heavy atom. The lowest BCUT2D eigenvalue weighted by molar-refractivity contribution is 0.0172. The number of rotatable bonds is 5. The van der Waals surface area contributed by atoms with E-state index in [1.807, 2.05) is 48.5 Å². The van der Waals surface area contributed by atoms with Crippen LogP contribution in [0.1, 0.15) is 48.3 Å². The van der Waals surface area contributed by atoms with Crippen molar-refractivity contribution in [3.05, 3.63) is 70.8 Å². The van der Waals surface area contributed by atoms with Crippen molar-refractivity contribution >= 4 is 0 Å². The monoisotopic (exact) mass is 270 g/mol. The van der Waals surface area contributed by atoms with Crippen LogP contribution in [-0.4, -0.2) is 10.2 Å². The van der Waals surface area contributed by atoms with Gasteiger partial charge in [0.25, 0.3) is 0 Å². The smallest absolute Gasteiger partial charge is 0.109 e. The maximum atomic E-state index is 10.4. The van der Waals surface area contributed by atoms with Crippen molar-refractivity contribution in [2.75, 3.05) is 0 Å². The molecule has 0 aliphatic carbocycles. The highest BCUT2D eigenvalue weighted by Crippen LogP contribution is 2.29. The summed E-state index contributed by atoms with van der Waals surface area (Å²) in [5.74, 6) is 0. The Morgan fingerprint density at radius 2 is 1.15 bits per heavy atom. The molecule has 0 heterocycles. The van der Waals surface area contributed by atoms with Gasteiger partial charge in [-0.1, -0.05) is 62.4 Å². The first kappa shape index (κ1) is 14.8. The van der Waals surface area contributed by atoms with E-state index in [1.165, 1.54) is 0 Å². The third-order valence-corrected chi connectivity index (χ3v) is 3.70. The van der Waals surface area contributed by atoms with Crippen molar-refractivity contribution in [2.24, 2.45) is 0 Å². The molecule has 2 unspecified atom stereocenters. The van der Waals surface area contributed by atoms with E-state index in [0.717, 1.165) is 35.1 Å². The van der Waals surface area contributed by atoms with Crippen molar-refractivity contribution in [1.29, 1.82) is 0 Å². The van der Waals surface area contributed by atoms with Crippen LogP contribution in [0.15, 0.2) is 48.5 Å². The molecule has 0 aromatic heterocycles. The molecule has 106 valence electrons. The summed E-state index contributed by atoms with van der Waals surface area (Å²) in [6, 6.07) is 15.5. The summed E-state index contributed by atoms with van der Waals surface area (Å²) in [7, 11) is 0. The van der Waals surface area contributed by atoms with Crippen LogP contribution in [0.3, 0.4) is 0 Å². The van der Waals surface area contributed by atoms with E-state index < -0.39 is 12.2 Å². The van der Waals surface area contributed by atoms with Gasteiger partial charge in [0, 0.05) is 0 Å². The van der Waals surface area contributed by atoms with Gasteiger partial charge in [0.1, 0.15) is 12.2 Å². The molecule has 20 heavy (non-hydrogen) atoms. The van der Waals surface area contributed by atoms with Gasteiger partial charge < -0.3 is 10.2 Å². The van der Waals surface area contributed by atoms with Crippen molar-refractivity contribution in [3.8, 4) is 0 Å². The molecule has 2 aromatic carbocycles. The predicted octanol–water partition coefficient (Wildman–Crippen LogP) is 3.58. The normalized spacial score (nSPS) is 14.0. The van der Waals surface area contributed by atoms with Crippen LogP contribution in [0.2, 0.25) is 0 Å². The largest absolute Gasteiger partial charge is 0.385 e. The second-order valence-corrected chi connectivity index (χ2v) is 5.09. The first-order valence-electron chi connectivity index (χ1n) is 7.19. The molecule has 2 rings (SSSR count). The van der Waals surface area contributed by atoms with Gasteiger partial charge in [-0.25, -0.2) is 0 Å². The summed E-state index contributed by atoms with van der Waals surface area (Å²) in [6.45, 7) is 4.15. The van der Waals surface area contributed by atoms with Crippen LogP contribution in [0, 0.1) is 0 Å². The highest BCUT2D eigenvalue weighted by Gasteiger charge is 2.20. The SMILES string of the molecule is CCc1cccc(C(O)C(O)c2cccc(CC)c2)c1. The quantitative estimate of drug-likeness (QED) is 0.872. The second kappa shape index (κ2) is 6.69. The topological polar surface area (TPSA) is 40.5 Å². The molecule has 0 amide bonds. The summed E-state index contributed by atoms with van der Waals surface area (Å²) < 4.78 is 0. The molecule has 0 saturated heterocycles. The predicted molar refractivity (Wildman–Crippen MR) is 81.6 cm³/mol. The molecule has 2 aromatic rings. The van der Waals surface area contributed by atoms with Gasteiger partial charge >= 0.3 is 0 Å². The van der Waals surface area contributed by atoms with Gasteiger partial charge in [0.2, 0.25) is 0 Å². The molecule has 2 atom stereocenters. The Hall–Kier alpha value is -1.64. The molecular formula is C18H22O2. The molecule has 0 fully saturated rings. The highest BCUT2D eigenvalue weighted by molar-refractivity contribution is 5.30. The zero-order valence-electron chi connectivity index (χ0n) is 12.1. The first-order valence-corrected chi connectivity index (χ1v) is 7.19. The minimum absolute atomic E-state index is 0.763. The molecule has 0 radical (unpaired) electrons. The van der Waals surface area contributed by atoms with Crippen LogP contribution in [0.5, 0.6) is 0 Å². The standard InChI is InChI=1S/C18H22O2/c1-3-13-7-5-9-15(11-13)17(19)18(20)16-10-6-8-14(4-2)12-16/h5-12,17-20H,3-4H2,1-2H3. The van der Waals surface area contributed by atoms with Gasteiger partial charge in [-0.2, -0.15) is 0 Å². The Labute approximate surface area is 120 Å². The molecule has 0 saturated carbocycles. The summed E-state index contributed by atoms with van der Waals surface area (Å²) in [6.07, 6.45) is 0.0476. The number of hydrogen-bond acceptors (Lipinski definition) is 2. The fraction of sp³-hybridized carbons (Fsp3) is 0.333. The van der Waals surface area contributed by atoms with Crippen LogP contribution >= 0.6 is 0 Å². The van der Waals surface area contributed by atoms with Crippen molar-refractivity contribution in [1.82, 2.24) is 0 Å². The number of hydrogen-bond donors (Lipinski definition) is 2. The molecule has 2 nitrogen and oxygen atoms in total. The van der Waals surface area contributed by atoms with E-state index in [9.17, 15) is 10.2 Å². The van der Waals surface area contributed by atoms with Crippen LogP contribution in [0.25, 0.3) is 0 Å². The van der Waals surface area contributed by atoms with Crippen molar-refractivity contribution in [2.45, 2.75) is 38.9 Å². The maximum Gasteiger partial charge on any atom is 0.109 e. The highest BCUT2D eigenvalue weighted by atomic mass is 16.3. The summed E-state index contributed by atoms with van der Waals surface area (Å²) >= 11 is 0. The van der Waals surface area contributed by atoms with E-state index in [-0.39, 0.29) is 0 Å². The van der Waals surface area contributed by atoms with Gasteiger partial charge in [-0.15, -0.1) is 0 Å². The summed E-state index contributed by atoms with van der Waals surface area (Å²) in [5, 5.41) is 20.8. The second-order valence-electron chi connectivity index (χ2n) is 5.09. The fourth-order valence-electron chi connectivity index (χ4n) is 2.36. The molecule has 0 spiro atoms. The van der Waals surface area contributed by atoms with Crippen LogP contribution in [-0.2, 0) is 12.8 Å². The minimum atomic E-state index is -0.895. The average molecular weight is 270 g/mol. The van der Waals surface area contributed by atoms with Crippen molar-refractivity contribution < 1.29 is 10.2 Å². The van der Waals surface area contributed by atoms with Crippen molar-refractivity contribution in [3.63, 3.8) is 0 Å². The molecule has 0 aliphatic heterocycles. The van der Waals surface area contributed by atoms with Gasteiger partial charge in [0.15, 0.2) is 0 Å². The van der Waals surface area contributed by atoms with Crippen LogP contribution < -0.4 is 0 Å². The average Bonchev–Trinajstić information content (AvgIpc) is 2.53. The van der Waals surface area contributed by atoms with Crippen LogP contribution in [0.4, 0.5) is 0 Å². The third-order valence-electron chi connectivity index (χ3n) is 3.70. The Morgan fingerprint density at radius 1 is 0.750 bits per heavy atom. The van der Waals surface area contributed by atoms with E-state index >= 15 is 0 Å². The zero-order chi connectivity index (χ0) is 14.5. The number of aliphatic hydroxyl groups is 2. The van der Waals surface area contributed by atoms with Gasteiger partial charge in [-0.3, -0.25) is 0 Å². The fourth-order valence-corrected chi connectivity index (χ4v) is 2.36. The molecule has 2 N–H and O–H groups in total. The number of benzene rings is 2. The molecule has 2 heteroatoms. The Balaban J connectivity index is 2.24. The Bertz CT molecular complexity index is 511. The number of aliphatic hydroxyl groups excluding tert-OH is 2. The lowest BCUT2D eigenvalue weighted by Crippen LogP contribution is -2.11. The summed E-state index contributed by atoms with van der Waals surface area (Å²) in [5.41, 5.74) is 3.85. The van der Waals surface area contributed by atoms with E-state index in [4.69, 9.17) is 0 Å². The minimum Gasteiger partial charge on any atom is -0.385 e. The summed E-state index contributed by atoms with van der Waals surface area (Å²) in [4.78, 5) is 0. The van der Waals surface area contributed by atoms with E-state index in [0.29, 0.717) is 0 Å². The third kappa shape index (κ3) is 3.27. The van der Waals surface area contributed by atoms with E-state index in [1.54, 1.807) is 0 Å². The number of aryl methyl sites for hydroxylation is 2. The zero-order valence-corrected chi connectivity index (χ0v) is 12.1. The van der Waals surface area contributed by atoms with Gasteiger partial charge in [-0.05, 0) is 35.1 Å². The maximum absolute atomic E-state index is 10.4. The lowest BCUT2D eigenvalue weighted by Gasteiger charge is -2.19. The van der Waals surface area contributed by atoms with E-state index in [2.05, 4.69) is 13.8 Å². The van der Waals surface area contributed by atoms with Gasteiger partial charge in [0.05, 0.1) is 0 Å². The first-order chi connectivity index (χ1) is 9.65. The lowest BCUT2D eigenvalue weighted by atomic mass is 9.95. The Kier molecular flexibility index (Phi) is 4.94. The molecule has 0 aliphatic rings. The molecular weight excluding hydrogens is 248 g/mol.